The first-order valence-corrected chi connectivity index (χ1v) is 8.98. The lowest BCUT2D eigenvalue weighted by atomic mass is 9.80. The fourth-order valence-corrected chi connectivity index (χ4v) is 2.98. The predicted molar refractivity (Wildman–Crippen MR) is 98.2 cm³/mol. The van der Waals surface area contributed by atoms with Crippen molar-refractivity contribution in [2.45, 2.75) is 83.1 Å². The van der Waals surface area contributed by atoms with Crippen molar-refractivity contribution in [2.24, 2.45) is 0 Å². The van der Waals surface area contributed by atoms with Gasteiger partial charge in [-0.2, -0.15) is 0 Å². The zero-order chi connectivity index (χ0) is 19.9. The number of benzene rings is 1. The molecule has 0 unspecified atom stereocenters. The van der Waals surface area contributed by atoms with Crippen LogP contribution in [0, 0.1) is 0 Å². The fraction of sp³-hybridized carbons (Fsp3) is 0.700. The maximum atomic E-state index is 10.2. The van der Waals surface area contributed by atoms with E-state index in [1.165, 1.54) is 0 Å². The van der Waals surface area contributed by atoms with E-state index in [1.807, 2.05) is 12.1 Å². The van der Waals surface area contributed by atoms with Gasteiger partial charge in [0.25, 0.3) is 0 Å². The van der Waals surface area contributed by atoms with Crippen LogP contribution in [0.15, 0.2) is 18.2 Å². The van der Waals surface area contributed by atoms with Gasteiger partial charge >= 0.3 is 0 Å². The number of aliphatic hydroxyl groups excluding tert-OH is 4. The summed E-state index contributed by atoms with van der Waals surface area (Å²) < 4.78 is 11.4. The van der Waals surface area contributed by atoms with Crippen molar-refractivity contribution in [2.75, 3.05) is 6.61 Å². The van der Waals surface area contributed by atoms with Gasteiger partial charge in [-0.15, -0.1) is 0 Å². The Kier molecular flexibility index (Phi) is 6.05. The Hall–Kier alpha value is -1.18. The standard InChI is InChI=1S/C20H32O6/c1-19(2,3)11-7-8-13(12(9-11)20(4,5)6)25-18-17(24)16(23)15(22)14(10-21)26-18/h7-9,14-18,21-24H,10H2,1-6H3/t14-,15-,16+,17+,18-/m1/s1. The molecule has 1 aromatic rings. The number of hydrogen-bond donors (Lipinski definition) is 4. The summed E-state index contributed by atoms with van der Waals surface area (Å²) in [4.78, 5) is 0. The van der Waals surface area contributed by atoms with Gasteiger partial charge in [0.2, 0.25) is 6.29 Å². The van der Waals surface area contributed by atoms with Crippen LogP contribution in [0.1, 0.15) is 52.7 Å². The van der Waals surface area contributed by atoms with Crippen LogP contribution in [-0.2, 0) is 15.6 Å². The number of ether oxygens (including phenoxy) is 2. The van der Waals surface area contributed by atoms with E-state index in [4.69, 9.17) is 9.47 Å². The summed E-state index contributed by atoms with van der Waals surface area (Å²) in [5.74, 6) is 0.537. The molecule has 148 valence electrons. The summed E-state index contributed by atoms with van der Waals surface area (Å²) in [6.45, 7) is 12.1. The van der Waals surface area contributed by atoms with E-state index in [0.29, 0.717) is 5.75 Å². The van der Waals surface area contributed by atoms with Crippen molar-refractivity contribution in [3.05, 3.63) is 29.3 Å². The zero-order valence-corrected chi connectivity index (χ0v) is 16.4. The summed E-state index contributed by atoms with van der Waals surface area (Å²) in [6.07, 6.45) is -6.47. The largest absolute Gasteiger partial charge is 0.462 e. The van der Waals surface area contributed by atoms with Crippen molar-refractivity contribution < 1.29 is 29.9 Å². The third kappa shape index (κ3) is 4.38. The third-order valence-corrected chi connectivity index (χ3v) is 4.75. The summed E-state index contributed by atoms with van der Waals surface area (Å²) in [7, 11) is 0. The molecule has 6 nitrogen and oxygen atoms in total. The van der Waals surface area contributed by atoms with Crippen molar-refractivity contribution in [3.8, 4) is 5.75 Å². The normalized spacial score (nSPS) is 30.3. The van der Waals surface area contributed by atoms with Crippen LogP contribution in [-0.4, -0.2) is 57.7 Å². The number of rotatable bonds is 3. The molecule has 4 N–H and O–H groups in total. The third-order valence-electron chi connectivity index (χ3n) is 4.75. The molecule has 5 atom stereocenters. The molecule has 1 aliphatic heterocycles. The lowest BCUT2D eigenvalue weighted by Crippen LogP contribution is -2.60. The van der Waals surface area contributed by atoms with Crippen LogP contribution in [0.4, 0.5) is 0 Å². The van der Waals surface area contributed by atoms with Gasteiger partial charge in [0, 0.05) is 0 Å². The smallest absolute Gasteiger partial charge is 0.229 e. The average Bonchev–Trinajstić information content (AvgIpc) is 2.53. The maximum absolute atomic E-state index is 10.2. The molecule has 0 amide bonds. The van der Waals surface area contributed by atoms with Crippen molar-refractivity contribution >= 4 is 0 Å². The van der Waals surface area contributed by atoms with Gasteiger partial charge in [-0.3, -0.25) is 0 Å². The van der Waals surface area contributed by atoms with Crippen LogP contribution in [0.3, 0.4) is 0 Å². The van der Waals surface area contributed by atoms with Crippen molar-refractivity contribution in [3.63, 3.8) is 0 Å². The predicted octanol–water partition coefficient (Wildman–Crippen LogP) is 1.46. The van der Waals surface area contributed by atoms with Crippen LogP contribution < -0.4 is 4.74 Å². The van der Waals surface area contributed by atoms with Gasteiger partial charge < -0.3 is 29.9 Å². The topological polar surface area (TPSA) is 99.4 Å². The van der Waals surface area contributed by atoms with Gasteiger partial charge in [0.15, 0.2) is 0 Å². The summed E-state index contributed by atoms with van der Waals surface area (Å²) in [6, 6.07) is 5.89. The molecular weight excluding hydrogens is 336 g/mol. The highest BCUT2D eigenvalue weighted by Gasteiger charge is 2.45. The summed E-state index contributed by atoms with van der Waals surface area (Å²) in [5, 5.41) is 39.4. The number of aliphatic hydroxyl groups is 4. The molecule has 0 spiro atoms. The highest BCUT2D eigenvalue weighted by atomic mass is 16.7. The maximum Gasteiger partial charge on any atom is 0.229 e. The molecule has 0 aliphatic carbocycles. The second-order valence-corrected chi connectivity index (χ2v) is 9.03. The second-order valence-electron chi connectivity index (χ2n) is 9.03. The molecule has 0 saturated carbocycles. The molecule has 0 bridgehead atoms. The Morgan fingerprint density at radius 3 is 2.04 bits per heavy atom. The van der Waals surface area contributed by atoms with Crippen molar-refractivity contribution in [1.82, 2.24) is 0 Å². The van der Waals surface area contributed by atoms with E-state index in [0.717, 1.165) is 11.1 Å². The van der Waals surface area contributed by atoms with E-state index in [2.05, 4.69) is 47.6 Å². The Morgan fingerprint density at radius 2 is 1.54 bits per heavy atom. The quantitative estimate of drug-likeness (QED) is 0.645. The van der Waals surface area contributed by atoms with Gasteiger partial charge in [-0.25, -0.2) is 0 Å². The lowest BCUT2D eigenvalue weighted by molar-refractivity contribution is -0.277. The first-order chi connectivity index (χ1) is 11.9. The summed E-state index contributed by atoms with van der Waals surface area (Å²) >= 11 is 0. The highest BCUT2D eigenvalue weighted by Crippen LogP contribution is 2.37. The van der Waals surface area contributed by atoms with Gasteiger partial charge in [-0.1, -0.05) is 53.7 Å². The Balaban J connectivity index is 2.36. The first-order valence-electron chi connectivity index (χ1n) is 8.98. The molecule has 1 saturated heterocycles. The Bertz CT molecular complexity index is 614. The molecule has 1 fully saturated rings. The zero-order valence-electron chi connectivity index (χ0n) is 16.4. The lowest BCUT2D eigenvalue weighted by Gasteiger charge is -2.40. The minimum Gasteiger partial charge on any atom is -0.462 e. The van der Waals surface area contributed by atoms with Gasteiger partial charge in [0.1, 0.15) is 30.2 Å². The van der Waals surface area contributed by atoms with E-state index in [-0.39, 0.29) is 10.8 Å². The minimum absolute atomic E-state index is 0.0261. The highest BCUT2D eigenvalue weighted by molar-refractivity contribution is 5.43. The molecule has 6 heteroatoms. The van der Waals surface area contributed by atoms with Crippen LogP contribution in [0.25, 0.3) is 0 Å². The van der Waals surface area contributed by atoms with Crippen LogP contribution >= 0.6 is 0 Å². The fourth-order valence-electron chi connectivity index (χ4n) is 2.98. The molecule has 0 radical (unpaired) electrons. The second kappa shape index (κ2) is 7.44. The monoisotopic (exact) mass is 368 g/mol. The molecule has 1 heterocycles. The minimum atomic E-state index is -1.46. The van der Waals surface area contributed by atoms with E-state index >= 15 is 0 Å². The van der Waals surface area contributed by atoms with Gasteiger partial charge in [0.05, 0.1) is 6.61 Å². The van der Waals surface area contributed by atoms with E-state index in [9.17, 15) is 20.4 Å². The Labute approximate surface area is 155 Å². The van der Waals surface area contributed by atoms with E-state index in [1.54, 1.807) is 0 Å². The molecule has 2 rings (SSSR count). The molecule has 1 aliphatic rings. The SMILES string of the molecule is CC(C)(C)c1ccc(O[C@@H]2O[C@H](CO)[C@@H](O)[C@H](O)[C@@H]2O)c(C(C)(C)C)c1. The Morgan fingerprint density at radius 1 is 0.923 bits per heavy atom. The molecule has 26 heavy (non-hydrogen) atoms. The summed E-state index contributed by atoms with van der Waals surface area (Å²) in [5.41, 5.74) is 1.86. The van der Waals surface area contributed by atoms with E-state index < -0.39 is 37.3 Å². The van der Waals surface area contributed by atoms with Gasteiger partial charge in [-0.05, 0) is 28.0 Å². The average molecular weight is 368 g/mol. The van der Waals surface area contributed by atoms with Crippen LogP contribution in [0.2, 0.25) is 0 Å². The molecule has 1 aromatic carbocycles. The number of hydrogen-bond acceptors (Lipinski definition) is 6. The van der Waals surface area contributed by atoms with Crippen LogP contribution in [0.5, 0.6) is 5.75 Å². The first kappa shape index (κ1) is 21.1. The molecular formula is C20H32O6. The van der Waals surface area contributed by atoms with Crippen molar-refractivity contribution in [1.29, 1.82) is 0 Å². The molecule has 0 aromatic heterocycles.